The molecule has 31 heavy (non-hydrogen) atoms. The van der Waals surface area contributed by atoms with Crippen molar-refractivity contribution in [1.29, 1.82) is 5.26 Å². The molecule has 2 fully saturated rings. The fourth-order valence-corrected chi connectivity index (χ4v) is 4.91. The minimum atomic E-state index is -0.778. The van der Waals surface area contributed by atoms with Gasteiger partial charge in [0, 0.05) is 6.61 Å². The molecule has 0 unspecified atom stereocenters. The number of allylic oxidation sites excluding steroid dienone is 4. The molecular formula is C26H32F3NO. The molecule has 3 rings (SSSR count). The Hall–Kier alpha value is -2.06. The van der Waals surface area contributed by atoms with E-state index in [-0.39, 0.29) is 0 Å². The van der Waals surface area contributed by atoms with Crippen LogP contribution in [0.3, 0.4) is 0 Å². The third-order valence-corrected chi connectivity index (χ3v) is 6.85. The second-order valence-corrected chi connectivity index (χ2v) is 9.00. The van der Waals surface area contributed by atoms with E-state index in [2.05, 4.69) is 0 Å². The Morgan fingerprint density at radius 1 is 1.00 bits per heavy atom. The van der Waals surface area contributed by atoms with E-state index in [1.807, 2.05) is 6.08 Å². The SMILES string of the molecule is N#C/C(F)=C/C=C/CCC1CCC(OCC2CCC(c3ccc(F)c(F)c3)CC2)CC1. The summed E-state index contributed by atoms with van der Waals surface area (Å²) in [5.41, 5.74) is 0.914. The molecule has 5 heteroatoms. The average molecular weight is 432 g/mol. The summed E-state index contributed by atoms with van der Waals surface area (Å²) in [6.07, 6.45) is 15.8. The monoisotopic (exact) mass is 431 g/mol. The highest BCUT2D eigenvalue weighted by atomic mass is 19.2. The van der Waals surface area contributed by atoms with E-state index in [9.17, 15) is 13.2 Å². The number of benzene rings is 1. The van der Waals surface area contributed by atoms with Crippen LogP contribution in [-0.4, -0.2) is 12.7 Å². The first kappa shape index (κ1) is 23.6. The minimum absolute atomic E-state index is 0.322. The number of nitrogens with zero attached hydrogens (tertiary/aromatic N) is 1. The molecule has 1 aromatic carbocycles. The molecule has 2 aliphatic rings. The van der Waals surface area contributed by atoms with E-state index in [0.717, 1.165) is 63.5 Å². The summed E-state index contributed by atoms with van der Waals surface area (Å²) >= 11 is 0. The van der Waals surface area contributed by atoms with Gasteiger partial charge in [0.05, 0.1) is 6.10 Å². The maximum Gasteiger partial charge on any atom is 0.199 e. The third-order valence-electron chi connectivity index (χ3n) is 6.85. The van der Waals surface area contributed by atoms with Gasteiger partial charge in [0.2, 0.25) is 0 Å². The van der Waals surface area contributed by atoms with Crippen LogP contribution in [0, 0.1) is 34.8 Å². The van der Waals surface area contributed by atoms with Gasteiger partial charge in [-0.1, -0.05) is 18.2 Å². The predicted molar refractivity (Wildman–Crippen MR) is 116 cm³/mol. The normalized spacial score (nSPS) is 27.4. The summed E-state index contributed by atoms with van der Waals surface area (Å²) in [6, 6.07) is 5.77. The van der Waals surface area contributed by atoms with Gasteiger partial charge in [-0.05, 0) is 106 Å². The van der Waals surface area contributed by atoms with Crippen molar-refractivity contribution in [3.05, 3.63) is 59.5 Å². The van der Waals surface area contributed by atoms with Crippen molar-refractivity contribution in [3.63, 3.8) is 0 Å². The molecule has 0 aliphatic heterocycles. The zero-order chi connectivity index (χ0) is 22.1. The molecule has 2 saturated carbocycles. The molecule has 0 atom stereocenters. The van der Waals surface area contributed by atoms with Crippen molar-refractivity contribution in [2.75, 3.05) is 6.61 Å². The number of halogens is 3. The van der Waals surface area contributed by atoms with E-state index in [1.165, 1.54) is 37.1 Å². The van der Waals surface area contributed by atoms with Gasteiger partial charge in [0.15, 0.2) is 17.5 Å². The number of hydrogen-bond acceptors (Lipinski definition) is 2. The minimum Gasteiger partial charge on any atom is -0.378 e. The highest BCUT2D eigenvalue weighted by Crippen LogP contribution is 2.37. The first-order chi connectivity index (χ1) is 15.0. The van der Waals surface area contributed by atoms with Gasteiger partial charge < -0.3 is 4.74 Å². The number of hydrogen-bond donors (Lipinski definition) is 0. The smallest absolute Gasteiger partial charge is 0.199 e. The van der Waals surface area contributed by atoms with Crippen LogP contribution in [0.2, 0.25) is 0 Å². The maximum absolute atomic E-state index is 13.5. The predicted octanol–water partition coefficient (Wildman–Crippen LogP) is 7.53. The number of ether oxygens (including phenoxy) is 1. The lowest BCUT2D eigenvalue weighted by atomic mass is 9.79. The summed E-state index contributed by atoms with van der Waals surface area (Å²) in [7, 11) is 0. The van der Waals surface area contributed by atoms with Gasteiger partial charge in [0.25, 0.3) is 0 Å². The van der Waals surface area contributed by atoms with Crippen LogP contribution in [0.1, 0.15) is 75.7 Å². The highest BCUT2D eigenvalue weighted by Gasteiger charge is 2.26. The van der Waals surface area contributed by atoms with Gasteiger partial charge in [-0.2, -0.15) is 9.65 Å². The standard InChI is InChI=1S/C26H32F3NO/c27-23(17-30)5-3-1-2-4-19-8-13-24(14-9-19)31-18-20-6-10-21(11-7-20)22-12-15-25(28)26(29)16-22/h1,3,5,12,15-16,19-21,24H,2,4,6-11,13-14,18H2/b3-1+,23-5-. The highest BCUT2D eigenvalue weighted by molar-refractivity contribution is 5.22. The summed E-state index contributed by atoms with van der Waals surface area (Å²) in [6.45, 7) is 0.805. The van der Waals surface area contributed by atoms with Crippen molar-refractivity contribution in [1.82, 2.24) is 0 Å². The van der Waals surface area contributed by atoms with Crippen LogP contribution in [0.15, 0.2) is 42.3 Å². The molecule has 0 radical (unpaired) electrons. The summed E-state index contributed by atoms with van der Waals surface area (Å²) in [5.74, 6) is -0.707. The van der Waals surface area contributed by atoms with E-state index in [0.29, 0.717) is 23.9 Å². The van der Waals surface area contributed by atoms with E-state index < -0.39 is 17.5 Å². The largest absolute Gasteiger partial charge is 0.378 e. The fraction of sp³-hybridized carbons (Fsp3) is 0.577. The lowest BCUT2D eigenvalue weighted by Crippen LogP contribution is -2.25. The van der Waals surface area contributed by atoms with Crippen LogP contribution < -0.4 is 0 Å². The van der Waals surface area contributed by atoms with Crippen LogP contribution >= 0.6 is 0 Å². The molecule has 0 heterocycles. The number of rotatable bonds is 8. The van der Waals surface area contributed by atoms with Gasteiger partial charge in [0.1, 0.15) is 6.07 Å². The van der Waals surface area contributed by atoms with Gasteiger partial charge in [-0.25, -0.2) is 8.78 Å². The summed E-state index contributed by atoms with van der Waals surface area (Å²) in [5, 5.41) is 8.36. The summed E-state index contributed by atoms with van der Waals surface area (Å²) < 4.78 is 45.5. The lowest BCUT2D eigenvalue weighted by molar-refractivity contribution is -0.00824. The topological polar surface area (TPSA) is 33.0 Å². The molecule has 2 aliphatic carbocycles. The van der Waals surface area contributed by atoms with E-state index >= 15 is 0 Å². The van der Waals surface area contributed by atoms with Crippen molar-refractivity contribution in [2.45, 2.75) is 76.2 Å². The van der Waals surface area contributed by atoms with Crippen molar-refractivity contribution < 1.29 is 17.9 Å². The van der Waals surface area contributed by atoms with Gasteiger partial charge in [-0.3, -0.25) is 0 Å². The molecule has 0 saturated heterocycles. The third kappa shape index (κ3) is 7.54. The summed E-state index contributed by atoms with van der Waals surface area (Å²) in [4.78, 5) is 0. The maximum atomic E-state index is 13.5. The Morgan fingerprint density at radius 2 is 1.71 bits per heavy atom. The zero-order valence-electron chi connectivity index (χ0n) is 18.0. The van der Waals surface area contributed by atoms with Crippen molar-refractivity contribution in [2.24, 2.45) is 11.8 Å². The van der Waals surface area contributed by atoms with Crippen LogP contribution in [-0.2, 0) is 4.74 Å². The van der Waals surface area contributed by atoms with Crippen molar-refractivity contribution >= 4 is 0 Å². The Morgan fingerprint density at radius 3 is 2.39 bits per heavy atom. The van der Waals surface area contributed by atoms with Gasteiger partial charge in [-0.15, -0.1) is 0 Å². The van der Waals surface area contributed by atoms with Gasteiger partial charge >= 0.3 is 0 Å². The Bertz CT molecular complexity index is 797. The molecule has 0 bridgehead atoms. The molecule has 0 N–H and O–H groups in total. The molecule has 0 spiro atoms. The first-order valence-corrected chi connectivity index (χ1v) is 11.5. The second kappa shape index (κ2) is 12.1. The molecular weight excluding hydrogens is 399 g/mol. The Labute approximate surface area is 183 Å². The van der Waals surface area contributed by atoms with E-state index in [4.69, 9.17) is 10.00 Å². The quantitative estimate of drug-likeness (QED) is 0.315. The lowest BCUT2D eigenvalue weighted by Gasteiger charge is -2.32. The van der Waals surface area contributed by atoms with Crippen LogP contribution in [0.25, 0.3) is 0 Å². The molecule has 0 amide bonds. The Kier molecular flexibility index (Phi) is 9.21. The zero-order valence-corrected chi connectivity index (χ0v) is 18.0. The van der Waals surface area contributed by atoms with Crippen LogP contribution in [0.5, 0.6) is 0 Å². The average Bonchev–Trinajstić information content (AvgIpc) is 2.80. The molecule has 168 valence electrons. The second-order valence-electron chi connectivity index (χ2n) is 9.00. The van der Waals surface area contributed by atoms with Crippen LogP contribution in [0.4, 0.5) is 13.2 Å². The van der Waals surface area contributed by atoms with Crippen molar-refractivity contribution in [3.8, 4) is 6.07 Å². The van der Waals surface area contributed by atoms with E-state index in [1.54, 1.807) is 12.1 Å². The molecule has 0 aromatic heterocycles. The first-order valence-electron chi connectivity index (χ1n) is 11.5. The Balaban J connectivity index is 1.29. The fourth-order valence-electron chi connectivity index (χ4n) is 4.91. The molecule has 1 aromatic rings. The number of nitriles is 1. The molecule has 2 nitrogen and oxygen atoms in total.